The molecule has 1 amide bonds. The minimum Gasteiger partial charge on any atom is -0.444 e. The van der Waals surface area contributed by atoms with Gasteiger partial charge in [0.25, 0.3) is 0 Å². The van der Waals surface area contributed by atoms with E-state index in [1.165, 1.54) is 12.8 Å². The Morgan fingerprint density at radius 3 is 2.67 bits per heavy atom. The Balaban J connectivity index is 1.90. The lowest BCUT2D eigenvalue weighted by molar-refractivity contribution is 0.00612. The molecule has 0 aromatic heterocycles. The fraction of sp³-hybridized carbons (Fsp3) is 0.938. The molecule has 0 bridgehead atoms. The van der Waals surface area contributed by atoms with Crippen molar-refractivity contribution in [2.45, 2.75) is 77.1 Å². The van der Waals surface area contributed by atoms with Crippen molar-refractivity contribution in [3.63, 3.8) is 0 Å². The van der Waals surface area contributed by atoms with Gasteiger partial charge in [-0.2, -0.15) is 0 Å². The summed E-state index contributed by atoms with van der Waals surface area (Å²) in [6.45, 7) is 10.9. The summed E-state index contributed by atoms with van der Waals surface area (Å²) < 4.78 is 5.53. The quantitative estimate of drug-likeness (QED) is 0.820. The molecule has 2 aliphatic heterocycles. The summed E-state index contributed by atoms with van der Waals surface area (Å²) >= 11 is 0. The molecule has 2 rings (SSSR count). The number of nitrogens with zero attached hydrogens (tertiary/aromatic N) is 1. The third-order valence-electron chi connectivity index (χ3n) is 4.36. The smallest absolute Gasteiger partial charge is 0.410 e. The zero-order chi connectivity index (χ0) is 15.5. The number of nitrogens with one attached hydrogen (secondary N) is 2. The number of rotatable bonds is 2. The molecule has 3 unspecified atom stereocenters. The van der Waals surface area contributed by atoms with Gasteiger partial charge in [-0.05, 0) is 59.9 Å². The van der Waals surface area contributed by atoms with Crippen LogP contribution in [0.1, 0.15) is 53.4 Å². The van der Waals surface area contributed by atoms with Gasteiger partial charge in [0.05, 0.1) is 0 Å². The van der Waals surface area contributed by atoms with Crippen molar-refractivity contribution in [2.24, 2.45) is 0 Å². The first-order chi connectivity index (χ1) is 9.87. The number of ether oxygens (including phenoxy) is 1. The summed E-state index contributed by atoms with van der Waals surface area (Å²) in [4.78, 5) is 14.2. The highest BCUT2D eigenvalue weighted by Gasteiger charge is 2.34. The number of carbonyl (C=O) groups is 1. The van der Waals surface area contributed by atoms with Crippen LogP contribution in [0.3, 0.4) is 0 Å². The maximum atomic E-state index is 12.3. The number of carbonyl (C=O) groups excluding carboxylic acids is 1. The summed E-state index contributed by atoms with van der Waals surface area (Å²) in [5.74, 6) is 0. The average molecular weight is 297 g/mol. The number of likely N-dealkylation sites (tertiary alicyclic amines) is 1. The van der Waals surface area contributed by atoms with Gasteiger partial charge in [0, 0.05) is 31.2 Å². The normalized spacial score (nSPS) is 31.0. The molecule has 2 saturated heterocycles. The van der Waals surface area contributed by atoms with Gasteiger partial charge in [0.2, 0.25) is 0 Å². The Labute approximate surface area is 128 Å². The third kappa shape index (κ3) is 4.85. The van der Waals surface area contributed by atoms with Crippen molar-refractivity contribution in [1.82, 2.24) is 15.5 Å². The van der Waals surface area contributed by atoms with Crippen LogP contribution < -0.4 is 10.6 Å². The monoisotopic (exact) mass is 297 g/mol. The van der Waals surface area contributed by atoms with Crippen LogP contribution in [-0.2, 0) is 4.74 Å². The molecular weight excluding hydrogens is 266 g/mol. The highest BCUT2D eigenvalue weighted by atomic mass is 16.6. The average Bonchev–Trinajstić information content (AvgIpc) is 2.40. The molecule has 3 atom stereocenters. The first-order valence-electron chi connectivity index (χ1n) is 8.33. The number of amides is 1. The fourth-order valence-corrected chi connectivity index (χ4v) is 3.24. The first-order valence-corrected chi connectivity index (χ1v) is 8.33. The van der Waals surface area contributed by atoms with Crippen LogP contribution in [0.4, 0.5) is 4.79 Å². The van der Waals surface area contributed by atoms with E-state index in [4.69, 9.17) is 4.74 Å². The Morgan fingerprint density at radius 1 is 1.29 bits per heavy atom. The molecule has 2 aliphatic rings. The molecule has 5 heteroatoms. The van der Waals surface area contributed by atoms with Crippen LogP contribution in [0.25, 0.3) is 0 Å². The standard InChI is InChI=1S/C16H31N3O2/c1-12-14(18-13-7-5-9-17-11-13)8-6-10-19(12)15(20)21-16(2,3)4/h12-14,17-18H,5-11H2,1-4H3. The Morgan fingerprint density at radius 2 is 2.05 bits per heavy atom. The number of hydrogen-bond donors (Lipinski definition) is 2. The summed E-state index contributed by atoms with van der Waals surface area (Å²) in [5.41, 5.74) is -0.426. The van der Waals surface area contributed by atoms with E-state index in [-0.39, 0.29) is 12.1 Å². The van der Waals surface area contributed by atoms with E-state index in [2.05, 4.69) is 17.6 Å². The molecule has 0 saturated carbocycles. The summed E-state index contributed by atoms with van der Waals surface area (Å²) in [6.07, 6.45) is 4.46. The van der Waals surface area contributed by atoms with E-state index >= 15 is 0 Å². The molecule has 0 aliphatic carbocycles. The van der Waals surface area contributed by atoms with E-state index in [0.29, 0.717) is 12.1 Å². The highest BCUT2D eigenvalue weighted by Crippen LogP contribution is 2.21. The minimum absolute atomic E-state index is 0.178. The molecule has 0 spiro atoms. The van der Waals surface area contributed by atoms with Crippen LogP contribution in [0.2, 0.25) is 0 Å². The molecule has 5 nitrogen and oxygen atoms in total. The van der Waals surface area contributed by atoms with Gasteiger partial charge < -0.3 is 20.3 Å². The molecule has 2 N–H and O–H groups in total. The van der Waals surface area contributed by atoms with E-state index < -0.39 is 5.60 Å². The maximum absolute atomic E-state index is 12.3. The van der Waals surface area contributed by atoms with Gasteiger partial charge in [0.1, 0.15) is 5.60 Å². The molecule has 0 aromatic carbocycles. The number of piperidine rings is 2. The predicted molar refractivity (Wildman–Crippen MR) is 84.5 cm³/mol. The minimum atomic E-state index is -0.426. The fourth-order valence-electron chi connectivity index (χ4n) is 3.24. The SMILES string of the molecule is CC1C(NC2CCCNC2)CCCN1C(=O)OC(C)(C)C. The zero-order valence-corrected chi connectivity index (χ0v) is 13.9. The molecule has 21 heavy (non-hydrogen) atoms. The molecule has 2 fully saturated rings. The molecule has 2 heterocycles. The molecule has 0 radical (unpaired) electrons. The lowest BCUT2D eigenvalue weighted by atomic mass is 9.95. The van der Waals surface area contributed by atoms with Crippen LogP contribution in [0.5, 0.6) is 0 Å². The van der Waals surface area contributed by atoms with Gasteiger partial charge in [0.15, 0.2) is 0 Å². The van der Waals surface area contributed by atoms with Gasteiger partial charge in [-0.1, -0.05) is 0 Å². The van der Waals surface area contributed by atoms with Crippen molar-refractivity contribution in [3.05, 3.63) is 0 Å². The Kier molecular flexibility index (Phi) is 5.49. The second-order valence-electron chi connectivity index (χ2n) is 7.37. The lowest BCUT2D eigenvalue weighted by Gasteiger charge is -2.42. The van der Waals surface area contributed by atoms with Crippen molar-refractivity contribution < 1.29 is 9.53 Å². The van der Waals surface area contributed by atoms with Gasteiger partial charge in [-0.25, -0.2) is 4.79 Å². The maximum Gasteiger partial charge on any atom is 0.410 e. The first kappa shape index (κ1) is 16.6. The van der Waals surface area contributed by atoms with Crippen LogP contribution >= 0.6 is 0 Å². The molecule has 0 aromatic rings. The largest absolute Gasteiger partial charge is 0.444 e. The third-order valence-corrected chi connectivity index (χ3v) is 4.36. The van der Waals surface area contributed by atoms with Crippen LogP contribution in [0.15, 0.2) is 0 Å². The van der Waals surface area contributed by atoms with Crippen molar-refractivity contribution in [1.29, 1.82) is 0 Å². The Bertz CT molecular complexity index is 348. The predicted octanol–water partition coefficient (Wildman–Crippen LogP) is 2.12. The summed E-state index contributed by atoms with van der Waals surface area (Å²) in [6, 6.07) is 1.09. The lowest BCUT2D eigenvalue weighted by Crippen LogP contribution is -2.59. The zero-order valence-electron chi connectivity index (χ0n) is 13.9. The second-order valence-corrected chi connectivity index (χ2v) is 7.37. The highest BCUT2D eigenvalue weighted by molar-refractivity contribution is 5.68. The topological polar surface area (TPSA) is 53.6 Å². The van der Waals surface area contributed by atoms with E-state index in [1.54, 1.807) is 0 Å². The number of hydrogen-bond acceptors (Lipinski definition) is 4. The van der Waals surface area contributed by atoms with Gasteiger partial charge in [-0.3, -0.25) is 0 Å². The second kappa shape index (κ2) is 6.97. The van der Waals surface area contributed by atoms with Gasteiger partial charge >= 0.3 is 6.09 Å². The summed E-state index contributed by atoms with van der Waals surface area (Å²) in [5, 5.41) is 7.18. The Hall–Kier alpha value is -0.810. The summed E-state index contributed by atoms with van der Waals surface area (Å²) in [7, 11) is 0. The van der Waals surface area contributed by atoms with Crippen LogP contribution in [0, 0.1) is 0 Å². The molecule has 122 valence electrons. The van der Waals surface area contributed by atoms with E-state index in [1.807, 2.05) is 25.7 Å². The molecular formula is C16H31N3O2. The van der Waals surface area contributed by atoms with Crippen molar-refractivity contribution in [2.75, 3.05) is 19.6 Å². The van der Waals surface area contributed by atoms with Crippen LogP contribution in [-0.4, -0.2) is 54.4 Å². The van der Waals surface area contributed by atoms with E-state index in [9.17, 15) is 4.79 Å². The van der Waals surface area contributed by atoms with Crippen molar-refractivity contribution >= 4 is 6.09 Å². The van der Waals surface area contributed by atoms with E-state index in [0.717, 1.165) is 32.5 Å². The van der Waals surface area contributed by atoms with Gasteiger partial charge in [-0.15, -0.1) is 0 Å². The van der Waals surface area contributed by atoms with Crippen molar-refractivity contribution in [3.8, 4) is 0 Å².